The summed E-state index contributed by atoms with van der Waals surface area (Å²) < 4.78 is 22.1. The molecule has 4 rings (SSSR count). The van der Waals surface area contributed by atoms with E-state index in [9.17, 15) is 4.79 Å². The van der Waals surface area contributed by atoms with Crippen LogP contribution in [0.25, 0.3) is 11.1 Å². The minimum atomic E-state index is -0.563. The Morgan fingerprint density at radius 1 is 1.18 bits per heavy atom. The molecule has 9 nitrogen and oxygen atoms in total. The number of nitrogens with zero attached hydrogens (tertiary/aromatic N) is 2. The number of aromatic nitrogens is 2. The van der Waals surface area contributed by atoms with Gasteiger partial charge in [-0.25, -0.2) is 4.79 Å². The number of H-pyrrole nitrogens is 1. The van der Waals surface area contributed by atoms with Crippen molar-refractivity contribution in [2.24, 2.45) is 0 Å². The van der Waals surface area contributed by atoms with Crippen LogP contribution >= 0.6 is 0 Å². The molecule has 1 amide bonds. The SMILES string of the molecule is COc1cccc(COC(=O)Nc2ccc(-c3cn[nH]c3)cc2OCCN2CCOCC2)c1. The molecule has 33 heavy (non-hydrogen) atoms. The highest BCUT2D eigenvalue weighted by Gasteiger charge is 2.14. The standard InChI is InChI=1S/C24H28N4O5/c1-30-21-4-2-3-18(13-21)17-33-24(29)27-22-6-5-19(20-15-25-26-16-20)14-23(22)32-12-9-28-7-10-31-11-8-28/h2-6,13-16H,7-12,17H2,1H3,(H,25,26)(H,27,29). The number of aromatic amines is 1. The number of benzene rings is 2. The van der Waals surface area contributed by atoms with Crippen LogP contribution in [-0.4, -0.2) is 67.8 Å². The van der Waals surface area contributed by atoms with Gasteiger partial charge in [0.2, 0.25) is 0 Å². The molecule has 3 aromatic rings. The zero-order chi connectivity index (χ0) is 22.9. The van der Waals surface area contributed by atoms with Crippen molar-refractivity contribution in [2.75, 3.05) is 51.9 Å². The molecule has 1 saturated heterocycles. The van der Waals surface area contributed by atoms with Crippen molar-refractivity contribution in [3.8, 4) is 22.6 Å². The molecule has 0 radical (unpaired) electrons. The minimum absolute atomic E-state index is 0.128. The van der Waals surface area contributed by atoms with Gasteiger partial charge in [-0.15, -0.1) is 0 Å². The highest BCUT2D eigenvalue weighted by Crippen LogP contribution is 2.31. The van der Waals surface area contributed by atoms with E-state index >= 15 is 0 Å². The van der Waals surface area contributed by atoms with Gasteiger partial charge in [0, 0.05) is 31.4 Å². The van der Waals surface area contributed by atoms with Gasteiger partial charge >= 0.3 is 6.09 Å². The molecule has 0 saturated carbocycles. The second-order valence-electron chi connectivity index (χ2n) is 7.55. The van der Waals surface area contributed by atoms with E-state index in [0.29, 0.717) is 23.8 Å². The van der Waals surface area contributed by atoms with Crippen LogP contribution in [0.3, 0.4) is 0 Å². The van der Waals surface area contributed by atoms with Crippen molar-refractivity contribution < 1.29 is 23.7 Å². The Morgan fingerprint density at radius 2 is 2.06 bits per heavy atom. The first-order valence-electron chi connectivity index (χ1n) is 10.8. The predicted molar refractivity (Wildman–Crippen MR) is 124 cm³/mol. The van der Waals surface area contributed by atoms with E-state index < -0.39 is 6.09 Å². The number of nitrogens with one attached hydrogen (secondary N) is 2. The van der Waals surface area contributed by atoms with Crippen molar-refractivity contribution in [3.63, 3.8) is 0 Å². The zero-order valence-corrected chi connectivity index (χ0v) is 18.6. The number of anilines is 1. The van der Waals surface area contributed by atoms with E-state index in [4.69, 9.17) is 18.9 Å². The summed E-state index contributed by atoms with van der Waals surface area (Å²) in [6.45, 7) is 4.65. The summed E-state index contributed by atoms with van der Waals surface area (Å²) in [6, 6.07) is 13.0. The van der Waals surface area contributed by atoms with E-state index in [-0.39, 0.29) is 6.61 Å². The Balaban J connectivity index is 1.40. The lowest BCUT2D eigenvalue weighted by atomic mass is 10.1. The minimum Gasteiger partial charge on any atom is -0.497 e. The van der Waals surface area contributed by atoms with Crippen molar-refractivity contribution in [1.82, 2.24) is 15.1 Å². The fourth-order valence-corrected chi connectivity index (χ4v) is 3.50. The summed E-state index contributed by atoms with van der Waals surface area (Å²) in [5.74, 6) is 1.28. The Bertz CT molecular complexity index is 1040. The maximum atomic E-state index is 12.5. The van der Waals surface area contributed by atoms with Gasteiger partial charge in [0.1, 0.15) is 24.7 Å². The maximum Gasteiger partial charge on any atom is 0.412 e. The number of morpholine rings is 1. The second-order valence-corrected chi connectivity index (χ2v) is 7.55. The molecular formula is C24H28N4O5. The predicted octanol–water partition coefficient (Wildman–Crippen LogP) is 3.55. The molecule has 2 N–H and O–H groups in total. The Morgan fingerprint density at radius 3 is 2.85 bits per heavy atom. The van der Waals surface area contributed by atoms with Crippen molar-refractivity contribution in [2.45, 2.75) is 6.61 Å². The Hall–Kier alpha value is -3.56. The molecule has 9 heteroatoms. The summed E-state index contributed by atoms with van der Waals surface area (Å²) in [5.41, 5.74) is 3.24. The number of hydrogen-bond donors (Lipinski definition) is 2. The van der Waals surface area contributed by atoms with Gasteiger partial charge in [-0.05, 0) is 35.4 Å². The van der Waals surface area contributed by atoms with Crippen LogP contribution in [0.2, 0.25) is 0 Å². The fraction of sp³-hybridized carbons (Fsp3) is 0.333. The molecule has 1 aromatic heterocycles. The van der Waals surface area contributed by atoms with Crippen molar-refractivity contribution >= 4 is 11.8 Å². The lowest BCUT2D eigenvalue weighted by Gasteiger charge is -2.26. The van der Waals surface area contributed by atoms with Crippen LogP contribution in [0.4, 0.5) is 10.5 Å². The molecule has 0 bridgehead atoms. The van der Waals surface area contributed by atoms with Gasteiger partial charge in [0.25, 0.3) is 0 Å². The van der Waals surface area contributed by atoms with E-state index in [2.05, 4.69) is 20.4 Å². The smallest absolute Gasteiger partial charge is 0.412 e. The number of amides is 1. The third-order valence-electron chi connectivity index (χ3n) is 5.32. The molecule has 0 spiro atoms. The number of rotatable bonds is 9. The van der Waals surface area contributed by atoms with E-state index in [0.717, 1.165) is 49.5 Å². The summed E-state index contributed by atoms with van der Waals surface area (Å²) in [6.07, 6.45) is 2.98. The summed E-state index contributed by atoms with van der Waals surface area (Å²) in [7, 11) is 1.60. The molecule has 2 heterocycles. The average molecular weight is 453 g/mol. The first-order valence-corrected chi connectivity index (χ1v) is 10.8. The van der Waals surface area contributed by atoms with Crippen LogP contribution in [0.5, 0.6) is 11.5 Å². The highest BCUT2D eigenvalue weighted by atomic mass is 16.5. The van der Waals surface area contributed by atoms with Gasteiger partial charge in [-0.1, -0.05) is 18.2 Å². The van der Waals surface area contributed by atoms with Gasteiger partial charge in [0.15, 0.2) is 0 Å². The lowest BCUT2D eigenvalue weighted by Crippen LogP contribution is -2.38. The van der Waals surface area contributed by atoms with E-state index in [1.807, 2.05) is 42.6 Å². The van der Waals surface area contributed by atoms with Crippen molar-refractivity contribution in [1.29, 1.82) is 0 Å². The molecule has 1 fully saturated rings. The summed E-state index contributed by atoms with van der Waals surface area (Å²) in [4.78, 5) is 14.8. The van der Waals surface area contributed by atoms with Crippen LogP contribution in [0.1, 0.15) is 5.56 Å². The highest BCUT2D eigenvalue weighted by molar-refractivity contribution is 5.87. The van der Waals surface area contributed by atoms with E-state index in [1.165, 1.54) is 0 Å². The van der Waals surface area contributed by atoms with Crippen molar-refractivity contribution in [3.05, 3.63) is 60.4 Å². The second kappa shape index (κ2) is 11.3. The number of hydrogen-bond acceptors (Lipinski definition) is 7. The first kappa shape index (κ1) is 22.6. The zero-order valence-electron chi connectivity index (χ0n) is 18.6. The topological polar surface area (TPSA) is 97.9 Å². The van der Waals surface area contributed by atoms with Crippen LogP contribution in [-0.2, 0) is 16.1 Å². The quantitative estimate of drug-likeness (QED) is 0.512. The third kappa shape index (κ3) is 6.47. The van der Waals surface area contributed by atoms with Gasteiger partial charge in [-0.3, -0.25) is 15.3 Å². The average Bonchev–Trinajstić information content (AvgIpc) is 3.40. The van der Waals surface area contributed by atoms with Crippen LogP contribution < -0.4 is 14.8 Å². The molecule has 0 atom stereocenters. The normalized spacial score (nSPS) is 14.0. The Kier molecular flexibility index (Phi) is 7.78. The third-order valence-corrected chi connectivity index (χ3v) is 5.32. The van der Waals surface area contributed by atoms with Gasteiger partial charge < -0.3 is 18.9 Å². The van der Waals surface area contributed by atoms with Gasteiger partial charge in [-0.2, -0.15) is 5.10 Å². The number of methoxy groups -OCH3 is 1. The lowest BCUT2D eigenvalue weighted by molar-refractivity contribution is 0.0323. The molecule has 1 aliphatic rings. The monoisotopic (exact) mass is 452 g/mol. The van der Waals surface area contributed by atoms with Crippen LogP contribution in [0.15, 0.2) is 54.9 Å². The largest absolute Gasteiger partial charge is 0.497 e. The maximum absolute atomic E-state index is 12.5. The van der Waals surface area contributed by atoms with Crippen LogP contribution in [0, 0.1) is 0 Å². The molecule has 0 unspecified atom stereocenters. The molecule has 174 valence electrons. The van der Waals surface area contributed by atoms with Gasteiger partial charge in [0.05, 0.1) is 32.2 Å². The van der Waals surface area contributed by atoms with E-state index in [1.54, 1.807) is 19.4 Å². The Labute approximate surface area is 192 Å². The first-order chi connectivity index (χ1) is 16.2. The number of ether oxygens (including phenoxy) is 4. The molecule has 1 aliphatic heterocycles. The molecule has 0 aliphatic carbocycles. The number of carbonyl (C=O) groups is 1. The fourth-order valence-electron chi connectivity index (χ4n) is 3.50. The number of carbonyl (C=O) groups excluding carboxylic acids is 1. The summed E-state index contributed by atoms with van der Waals surface area (Å²) in [5, 5.41) is 9.61. The summed E-state index contributed by atoms with van der Waals surface area (Å²) >= 11 is 0. The molecular weight excluding hydrogens is 424 g/mol. The molecule has 2 aromatic carbocycles.